The lowest BCUT2D eigenvalue weighted by molar-refractivity contribution is 0.347. The molecule has 0 aliphatic heterocycles. The molecule has 23 heavy (non-hydrogen) atoms. The molecule has 0 aliphatic carbocycles. The second-order valence-corrected chi connectivity index (χ2v) is 4.81. The highest BCUT2D eigenvalue weighted by molar-refractivity contribution is 5.76. The molecule has 1 aromatic heterocycles. The molecule has 0 saturated carbocycles. The molecule has 0 bridgehead atoms. The number of fused-ring (bicyclic) bond motifs is 1. The van der Waals surface area contributed by atoms with E-state index in [9.17, 15) is 13.2 Å². The zero-order valence-electron chi connectivity index (χ0n) is 12.3. The number of aromatic nitrogens is 2. The Morgan fingerprint density at radius 1 is 1.04 bits per heavy atom. The van der Waals surface area contributed by atoms with E-state index in [0.29, 0.717) is 11.0 Å². The molecule has 4 nitrogen and oxygen atoms in total. The third-order valence-electron chi connectivity index (χ3n) is 3.44. The van der Waals surface area contributed by atoms with Crippen LogP contribution in [0.15, 0.2) is 36.5 Å². The summed E-state index contributed by atoms with van der Waals surface area (Å²) in [4.78, 5) is 9.83. The molecule has 1 heterocycles. The van der Waals surface area contributed by atoms with Crippen molar-refractivity contribution in [2.75, 3.05) is 19.1 Å². The highest BCUT2D eigenvalue weighted by Gasteiger charge is 2.23. The van der Waals surface area contributed by atoms with Crippen molar-refractivity contribution in [3.8, 4) is 5.75 Å². The van der Waals surface area contributed by atoms with Crippen LogP contribution in [0.4, 0.5) is 24.7 Å². The van der Waals surface area contributed by atoms with Gasteiger partial charge in [0.1, 0.15) is 0 Å². The monoisotopic (exact) mass is 319 g/mol. The van der Waals surface area contributed by atoms with Crippen LogP contribution in [0.2, 0.25) is 0 Å². The van der Waals surface area contributed by atoms with Crippen LogP contribution >= 0.6 is 0 Å². The molecule has 0 spiro atoms. The summed E-state index contributed by atoms with van der Waals surface area (Å²) in [5, 5.41) is 0. The van der Waals surface area contributed by atoms with E-state index in [4.69, 9.17) is 0 Å². The Balaban J connectivity index is 2.11. The smallest absolute Gasteiger partial charge is 0.203 e. The maximum Gasteiger partial charge on any atom is 0.203 e. The Morgan fingerprint density at radius 3 is 2.43 bits per heavy atom. The Hall–Kier alpha value is -2.83. The van der Waals surface area contributed by atoms with E-state index in [2.05, 4.69) is 14.7 Å². The zero-order valence-corrected chi connectivity index (χ0v) is 12.3. The molecule has 0 fully saturated rings. The predicted octanol–water partition coefficient (Wildman–Crippen LogP) is 3.82. The van der Waals surface area contributed by atoms with Gasteiger partial charge in [0.25, 0.3) is 0 Å². The average Bonchev–Trinajstić information content (AvgIpc) is 2.57. The third kappa shape index (κ3) is 2.54. The van der Waals surface area contributed by atoms with E-state index in [1.165, 1.54) is 18.1 Å². The number of anilines is 2. The highest BCUT2D eigenvalue weighted by atomic mass is 19.2. The number of halogens is 3. The average molecular weight is 319 g/mol. The van der Waals surface area contributed by atoms with Gasteiger partial charge >= 0.3 is 0 Å². The topological polar surface area (TPSA) is 38.2 Å². The Labute approximate surface area is 130 Å². The Kier molecular flexibility index (Phi) is 3.77. The largest absolute Gasteiger partial charge is 0.491 e. The predicted molar refractivity (Wildman–Crippen MR) is 80.5 cm³/mol. The summed E-state index contributed by atoms with van der Waals surface area (Å²) in [7, 11) is 2.55. The summed E-state index contributed by atoms with van der Waals surface area (Å²) in [6, 6.07) is 7.90. The van der Waals surface area contributed by atoms with Gasteiger partial charge in [0.2, 0.25) is 5.82 Å². The van der Waals surface area contributed by atoms with Gasteiger partial charge < -0.3 is 9.64 Å². The summed E-state index contributed by atoms with van der Waals surface area (Å²) in [6.07, 6.45) is 1.43. The quantitative estimate of drug-likeness (QED) is 0.688. The van der Waals surface area contributed by atoms with E-state index in [1.807, 2.05) is 6.07 Å². The van der Waals surface area contributed by atoms with Crippen molar-refractivity contribution in [1.29, 1.82) is 0 Å². The highest BCUT2D eigenvalue weighted by Crippen LogP contribution is 2.34. The lowest BCUT2D eigenvalue weighted by Gasteiger charge is -2.20. The minimum Gasteiger partial charge on any atom is -0.491 e. The third-order valence-corrected chi connectivity index (χ3v) is 3.44. The lowest BCUT2D eigenvalue weighted by atomic mass is 10.2. The minimum atomic E-state index is -1.37. The number of para-hydroxylation sites is 2. The van der Waals surface area contributed by atoms with Gasteiger partial charge in [-0.2, -0.15) is 4.39 Å². The van der Waals surface area contributed by atoms with Gasteiger partial charge in [-0.1, -0.05) is 12.1 Å². The second kappa shape index (κ2) is 5.75. The van der Waals surface area contributed by atoms with Crippen molar-refractivity contribution in [2.45, 2.75) is 0 Å². The number of benzene rings is 2. The Bertz CT molecular complexity index is 886. The van der Waals surface area contributed by atoms with Crippen LogP contribution in [0.3, 0.4) is 0 Å². The molecule has 0 atom stereocenters. The molecule has 0 N–H and O–H groups in total. The van der Waals surface area contributed by atoms with Gasteiger partial charge in [-0.15, -0.1) is 0 Å². The molecule has 0 radical (unpaired) electrons. The minimum absolute atomic E-state index is 0.203. The maximum atomic E-state index is 14.3. The maximum absolute atomic E-state index is 14.3. The van der Waals surface area contributed by atoms with Gasteiger partial charge in [0.05, 0.1) is 30.0 Å². The zero-order chi connectivity index (χ0) is 16.6. The van der Waals surface area contributed by atoms with Crippen LogP contribution in [0.5, 0.6) is 5.75 Å². The molecule has 3 rings (SSSR count). The second-order valence-electron chi connectivity index (χ2n) is 4.81. The SMILES string of the molecule is COc1c(F)c(F)cc(N(C)c2cnc3ccccc3n2)c1F. The molecular weight excluding hydrogens is 307 g/mol. The molecule has 0 amide bonds. The first kappa shape index (κ1) is 15.1. The number of nitrogens with zero attached hydrogens (tertiary/aromatic N) is 3. The standard InChI is InChI=1S/C16H12F3N3O/c1-22(12-7-9(17)14(18)16(23-2)15(12)19)13-8-20-10-5-3-4-6-11(10)21-13/h3-8H,1-2H3. The van der Waals surface area contributed by atoms with Crippen LogP contribution in [-0.4, -0.2) is 24.1 Å². The molecular formula is C16H12F3N3O. The molecule has 0 aliphatic rings. The molecule has 118 valence electrons. The number of ether oxygens (including phenoxy) is 1. The fourth-order valence-electron chi connectivity index (χ4n) is 2.22. The molecule has 7 heteroatoms. The van der Waals surface area contributed by atoms with Gasteiger partial charge in [-0.25, -0.2) is 13.8 Å². The number of methoxy groups -OCH3 is 1. The van der Waals surface area contributed by atoms with E-state index >= 15 is 0 Å². The van der Waals surface area contributed by atoms with Gasteiger partial charge in [-0.3, -0.25) is 4.98 Å². The first-order valence-electron chi connectivity index (χ1n) is 6.70. The summed E-state index contributed by atoms with van der Waals surface area (Å²) in [5.74, 6) is -4.08. The number of rotatable bonds is 3. The molecule has 3 aromatic rings. The number of hydrogen-bond donors (Lipinski definition) is 0. The lowest BCUT2D eigenvalue weighted by Crippen LogP contribution is -2.15. The summed E-state index contributed by atoms with van der Waals surface area (Å²) in [6.45, 7) is 0. The van der Waals surface area contributed by atoms with E-state index in [1.54, 1.807) is 18.2 Å². The van der Waals surface area contributed by atoms with Gasteiger partial charge in [0.15, 0.2) is 23.2 Å². The Morgan fingerprint density at radius 2 is 1.74 bits per heavy atom. The van der Waals surface area contributed by atoms with E-state index < -0.39 is 23.2 Å². The first-order chi connectivity index (χ1) is 11.0. The summed E-state index contributed by atoms with van der Waals surface area (Å²) >= 11 is 0. The van der Waals surface area contributed by atoms with Crippen LogP contribution in [0.1, 0.15) is 0 Å². The summed E-state index contributed by atoms with van der Waals surface area (Å²) < 4.78 is 46.1. The van der Waals surface area contributed by atoms with Crippen molar-refractivity contribution in [3.63, 3.8) is 0 Å². The van der Waals surface area contributed by atoms with Gasteiger partial charge in [0, 0.05) is 13.1 Å². The van der Waals surface area contributed by atoms with Crippen LogP contribution in [0, 0.1) is 17.5 Å². The van der Waals surface area contributed by atoms with Crippen LogP contribution in [0.25, 0.3) is 11.0 Å². The van der Waals surface area contributed by atoms with Crippen molar-refractivity contribution >= 4 is 22.5 Å². The fourth-order valence-corrected chi connectivity index (χ4v) is 2.22. The van der Waals surface area contributed by atoms with Crippen molar-refractivity contribution in [1.82, 2.24) is 9.97 Å². The first-order valence-corrected chi connectivity index (χ1v) is 6.70. The van der Waals surface area contributed by atoms with Crippen molar-refractivity contribution in [2.24, 2.45) is 0 Å². The van der Waals surface area contributed by atoms with Crippen molar-refractivity contribution in [3.05, 3.63) is 54.0 Å². The van der Waals surface area contributed by atoms with Crippen LogP contribution < -0.4 is 9.64 Å². The van der Waals surface area contributed by atoms with E-state index in [0.717, 1.165) is 13.2 Å². The molecule has 0 saturated heterocycles. The van der Waals surface area contributed by atoms with Crippen molar-refractivity contribution < 1.29 is 17.9 Å². The molecule has 0 unspecified atom stereocenters. The fraction of sp³-hybridized carbons (Fsp3) is 0.125. The van der Waals surface area contributed by atoms with Gasteiger partial charge in [-0.05, 0) is 12.1 Å². The number of hydrogen-bond acceptors (Lipinski definition) is 4. The summed E-state index contributed by atoms with van der Waals surface area (Å²) in [5.41, 5.74) is 1.07. The van der Waals surface area contributed by atoms with Crippen LogP contribution in [-0.2, 0) is 0 Å². The van der Waals surface area contributed by atoms with E-state index in [-0.39, 0.29) is 11.5 Å². The molecule has 2 aromatic carbocycles. The normalized spacial score (nSPS) is 10.8.